The third-order valence-electron chi connectivity index (χ3n) is 4.99. The molecule has 0 atom stereocenters. The zero-order valence-electron chi connectivity index (χ0n) is 20.4. The van der Waals surface area contributed by atoms with Crippen LogP contribution in [0.4, 0.5) is 0 Å². The van der Waals surface area contributed by atoms with Gasteiger partial charge < -0.3 is 5.11 Å². The minimum absolute atomic E-state index is 0. The van der Waals surface area contributed by atoms with Crippen LogP contribution >= 0.6 is 11.3 Å². The van der Waals surface area contributed by atoms with Gasteiger partial charge in [-0.2, -0.15) is 0 Å². The second-order valence-corrected chi connectivity index (χ2v) is 10.3. The summed E-state index contributed by atoms with van der Waals surface area (Å²) in [5, 5.41) is 8.36. The van der Waals surface area contributed by atoms with E-state index < -0.39 is 0 Å². The number of fused-ring (bicyclic) bond motifs is 1. The SMILES string of the molecule is CC(=O)/C=C(/C)O.Cc1[c-]c(-c2ccc3sc(-c4ccccc4)cc3n2)cc(C(C)(C)C)c1.[Ir]. The van der Waals surface area contributed by atoms with Crippen LogP contribution in [-0.4, -0.2) is 15.9 Å². The summed E-state index contributed by atoms with van der Waals surface area (Å²) >= 11 is 1.79. The van der Waals surface area contributed by atoms with Crippen LogP contribution in [0.1, 0.15) is 45.7 Å². The second kappa shape index (κ2) is 11.7. The van der Waals surface area contributed by atoms with Gasteiger partial charge in [-0.05, 0) is 42.7 Å². The van der Waals surface area contributed by atoms with Crippen molar-refractivity contribution in [1.29, 1.82) is 0 Å². The van der Waals surface area contributed by atoms with Crippen LogP contribution in [-0.2, 0) is 30.3 Å². The van der Waals surface area contributed by atoms with Gasteiger partial charge in [-0.15, -0.1) is 46.2 Å². The summed E-state index contributed by atoms with van der Waals surface area (Å²) in [6.45, 7) is 11.7. The van der Waals surface area contributed by atoms with Gasteiger partial charge in [0.25, 0.3) is 0 Å². The van der Waals surface area contributed by atoms with Crippen molar-refractivity contribution in [2.75, 3.05) is 0 Å². The summed E-state index contributed by atoms with van der Waals surface area (Å²) in [5.74, 6) is -0.0625. The van der Waals surface area contributed by atoms with Crippen molar-refractivity contribution in [3.63, 3.8) is 0 Å². The molecule has 4 rings (SSSR count). The van der Waals surface area contributed by atoms with Crippen molar-refractivity contribution in [3.8, 4) is 21.7 Å². The minimum Gasteiger partial charge on any atom is -0.512 e. The Morgan fingerprint density at radius 3 is 2.26 bits per heavy atom. The number of allylic oxidation sites excluding steroid dienone is 2. The largest absolute Gasteiger partial charge is 0.512 e. The fourth-order valence-corrected chi connectivity index (χ4v) is 4.41. The molecule has 5 heteroatoms. The number of benzene rings is 2. The Morgan fingerprint density at radius 2 is 1.71 bits per heavy atom. The number of pyridine rings is 1. The van der Waals surface area contributed by atoms with E-state index in [0.29, 0.717) is 0 Å². The molecular formula is C29H30IrNO2S-. The number of aryl methyl sites for hydroxylation is 1. The predicted molar refractivity (Wildman–Crippen MR) is 140 cm³/mol. The molecule has 0 saturated heterocycles. The van der Waals surface area contributed by atoms with Crippen LogP contribution in [0.25, 0.3) is 31.9 Å². The van der Waals surface area contributed by atoms with E-state index in [-0.39, 0.29) is 37.1 Å². The average Bonchev–Trinajstić information content (AvgIpc) is 3.16. The smallest absolute Gasteiger partial charge is 0.155 e. The van der Waals surface area contributed by atoms with Gasteiger partial charge in [0, 0.05) is 31.1 Å². The Kier molecular flexibility index (Phi) is 9.52. The summed E-state index contributed by atoms with van der Waals surface area (Å²) in [4.78, 5) is 16.2. The van der Waals surface area contributed by atoms with Crippen molar-refractivity contribution in [2.45, 2.75) is 47.0 Å². The number of aromatic nitrogens is 1. The fraction of sp³-hybridized carbons (Fsp3) is 0.241. The normalized spacial score (nSPS) is 11.4. The van der Waals surface area contributed by atoms with Gasteiger partial charge in [0.1, 0.15) is 0 Å². The van der Waals surface area contributed by atoms with Crippen molar-refractivity contribution in [1.82, 2.24) is 4.98 Å². The van der Waals surface area contributed by atoms with Crippen LogP contribution in [0.3, 0.4) is 0 Å². The molecule has 0 fully saturated rings. The molecule has 0 aliphatic rings. The Morgan fingerprint density at radius 1 is 1.03 bits per heavy atom. The van der Waals surface area contributed by atoms with Gasteiger partial charge in [0.05, 0.1) is 16.0 Å². The molecule has 0 aliphatic heterocycles. The van der Waals surface area contributed by atoms with E-state index in [1.807, 2.05) is 6.07 Å². The van der Waals surface area contributed by atoms with Crippen molar-refractivity contribution in [3.05, 3.63) is 89.7 Å². The number of ketones is 1. The molecule has 0 saturated carbocycles. The summed E-state index contributed by atoms with van der Waals surface area (Å²) in [6, 6.07) is 24.9. The van der Waals surface area contributed by atoms with Crippen LogP contribution in [0.2, 0.25) is 0 Å². The van der Waals surface area contributed by atoms with Gasteiger partial charge in [-0.25, -0.2) is 0 Å². The Hall–Kier alpha value is -2.59. The molecule has 2 aromatic heterocycles. The third kappa shape index (κ3) is 7.46. The maximum atomic E-state index is 10.0. The molecule has 1 radical (unpaired) electrons. The summed E-state index contributed by atoms with van der Waals surface area (Å²) in [7, 11) is 0. The first-order valence-electron chi connectivity index (χ1n) is 10.9. The molecule has 4 aromatic rings. The molecule has 0 amide bonds. The summed E-state index contributed by atoms with van der Waals surface area (Å²) < 4.78 is 1.22. The molecule has 0 unspecified atom stereocenters. The number of carbonyl (C=O) groups excluding carboxylic acids is 1. The molecule has 2 heterocycles. The van der Waals surface area contributed by atoms with E-state index in [4.69, 9.17) is 10.1 Å². The van der Waals surface area contributed by atoms with E-state index in [0.717, 1.165) is 22.3 Å². The predicted octanol–water partition coefficient (Wildman–Crippen LogP) is 8.07. The summed E-state index contributed by atoms with van der Waals surface area (Å²) in [5.41, 5.74) is 6.95. The van der Waals surface area contributed by atoms with Crippen LogP contribution in [0.5, 0.6) is 0 Å². The summed E-state index contributed by atoms with van der Waals surface area (Å²) in [6.07, 6.45) is 1.17. The van der Waals surface area contributed by atoms with Gasteiger partial charge in [0.15, 0.2) is 5.78 Å². The van der Waals surface area contributed by atoms with E-state index in [9.17, 15) is 4.79 Å². The molecule has 179 valence electrons. The van der Waals surface area contributed by atoms with Crippen LogP contribution in [0, 0.1) is 13.0 Å². The number of aliphatic hydroxyl groups excluding tert-OH is 1. The number of rotatable bonds is 3. The first-order valence-corrected chi connectivity index (χ1v) is 11.7. The molecule has 3 nitrogen and oxygen atoms in total. The molecule has 34 heavy (non-hydrogen) atoms. The van der Waals surface area contributed by atoms with Gasteiger partial charge in [-0.1, -0.05) is 64.1 Å². The number of nitrogens with zero attached hydrogens (tertiary/aromatic N) is 1. The first-order chi connectivity index (χ1) is 15.5. The third-order valence-corrected chi connectivity index (χ3v) is 6.13. The molecule has 0 aliphatic carbocycles. The molecule has 0 spiro atoms. The standard InChI is InChI=1S/C24H22NS.C5H8O2.Ir/c1-16-12-18(14-19(13-16)24(2,3)4)20-10-11-22-21(25-20)15-23(26-22)17-8-6-5-7-9-17;1-4(6)3-5(2)7;/h5-11,13-15H,1-4H3;3,6H,1-2H3;/q-1;;/b;4-3-;. The Balaban J connectivity index is 0.000000449. The first kappa shape index (κ1) is 27.7. The van der Waals surface area contributed by atoms with E-state index in [1.165, 1.54) is 40.6 Å². The zero-order valence-corrected chi connectivity index (χ0v) is 23.6. The van der Waals surface area contributed by atoms with Crippen LogP contribution in [0.15, 0.2) is 72.5 Å². The van der Waals surface area contributed by atoms with Gasteiger partial charge in [0.2, 0.25) is 0 Å². The van der Waals surface area contributed by atoms with E-state index in [1.54, 1.807) is 11.3 Å². The molecule has 0 bridgehead atoms. The quantitative estimate of drug-likeness (QED) is 0.139. The maximum Gasteiger partial charge on any atom is 0.155 e. The number of thiophene rings is 1. The van der Waals surface area contributed by atoms with E-state index in [2.05, 4.69) is 88.4 Å². The van der Waals surface area contributed by atoms with Crippen LogP contribution < -0.4 is 0 Å². The van der Waals surface area contributed by atoms with Gasteiger partial charge >= 0.3 is 0 Å². The monoisotopic (exact) mass is 649 g/mol. The fourth-order valence-electron chi connectivity index (χ4n) is 3.40. The van der Waals surface area contributed by atoms with Gasteiger partial charge in [-0.3, -0.25) is 9.78 Å². The van der Waals surface area contributed by atoms with E-state index >= 15 is 0 Å². The second-order valence-electron chi connectivity index (χ2n) is 9.17. The zero-order chi connectivity index (χ0) is 24.2. The molecular weight excluding hydrogens is 619 g/mol. The topological polar surface area (TPSA) is 50.2 Å². The van der Waals surface area contributed by atoms with Crippen molar-refractivity contribution in [2.24, 2.45) is 0 Å². The number of carbonyl (C=O) groups is 1. The number of hydrogen-bond donors (Lipinski definition) is 1. The Bertz CT molecular complexity index is 1300. The van der Waals surface area contributed by atoms with Crippen molar-refractivity contribution >= 4 is 27.3 Å². The van der Waals surface area contributed by atoms with Crippen molar-refractivity contribution < 1.29 is 30.0 Å². The molecule has 2 aromatic carbocycles. The molecule has 1 N–H and O–H groups in total. The number of aliphatic hydroxyl groups is 1. The minimum atomic E-state index is -0.125. The number of hydrogen-bond acceptors (Lipinski definition) is 4. The average molecular weight is 649 g/mol. The Labute approximate surface area is 219 Å². The maximum absolute atomic E-state index is 10.0.